The van der Waals surface area contributed by atoms with Crippen LogP contribution in [0.5, 0.6) is 0 Å². The van der Waals surface area contributed by atoms with Gasteiger partial charge in [0.15, 0.2) is 0 Å². The first-order valence-corrected chi connectivity index (χ1v) is 10.5. The average Bonchev–Trinajstić information content (AvgIpc) is 3.54. The van der Waals surface area contributed by atoms with Gasteiger partial charge in [0.05, 0.1) is 21.3 Å². The number of benzene rings is 2. The SMILES string of the molecule is Cc1ccc(C(=O)NC2CC2)cc1NC(=O)c1ccc(=O)n(-c2c(Cl)cccc2Cl)c1. The van der Waals surface area contributed by atoms with E-state index in [-0.39, 0.29) is 33.1 Å². The number of aromatic nitrogens is 1. The van der Waals surface area contributed by atoms with Crippen molar-refractivity contribution in [2.24, 2.45) is 0 Å². The number of aryl methyl sites for hydroxylation is 1. The van der Waals surface area contributed by atoms with E-state index >= 15 is 0 Å². The third-order valence-corrected chi connectivity index (χ3v) is 5.62. The van der Waals surface area contributed by atoms with Crippen LogP contribution in [0.15, 0.2) is 59.5 Å². The Balaban J connectivity index is 1.62. The number of hydrogen-bond acceptors (Lipinski definition) is 3. The standard InChI is InChI=1S/C23H19Cl2N3O3/c1-13-5-6-14(22(30)26-16-8-9-16)11-19(13)27-23(31)15-7-10-20(29)28(12-15)21-17(24)3-2-4-18(21)25/h2-7,10-12,16H,8-9H2,1H3,(H,26,30)(H,27,31). The number of carbonyl (C=O) groups is 2. The molecule has 1 fully saturated rings. The first-order chi connectivity index (χ1) is 14.8. The fourth-order valence-electron chi connectivity index (χ4n) is 3.10. The van der Waals surface area contributed by atoms with Gasteiger partial charge < -0.3 is 10.6 Å². The summed E-state index contributed by atoms with van der Waals surface area (Å²) in [5, 5.41) is 6.33. The van der Waals surface area contributed by atoms with Gasteiger partial charge >= 0.3 is 0 Å². The summed E-state index contributed by atoms with van der Waals surface area (Å²) in [5.74, 6) is -0.598. The van der Waals surface area contributed by atoms with E-state index in [0.29, 0.717) is 16.9 Å². The molecule has 1 heterocycles. The predicted octanol–water partition coefficient (Wildman–Crippen LogP) is 4.60. The zero-order chi connectivity index (χ0) is 22.1. The van der Waals surface area contributed by atoms with Crippen LogP contribution in [-0.4, -0.2) is 22.4 Å². The minimum absolute atomic E-state index is 0.167. The molecule has 3 aromatic rings. The molecule has 1 aromatic heterocycles. The van der Waals surface area contributed by atoms with Crippen LogP contribution in [0.3, 0.4) is 0 Å². The number of pyridine rings is 1. The molecule has 8 heteroatoms. The second kappa shape index (κ2) is 8.57. The zero-order valence-corrected chi connectivity index (χ0v) is 18.1. The molecule has 0 atom stereocenters. The highest BCUT2D eigenvalue weighted by molar-refractivity contribution is 6.37. The Morgan fingerprint density at radius 1 is 0.968 bits per heavy atom. The van der Waals surface area contributed by atoms with Crippen LogP contribution in [0.25, 0.3) is 5.69 Å². The Morgan fingerprint density at radius 3 is 2.32 bits per heavy atom. The summed E-state index contributed by atoms with van der Waals surface area (Å²) in [5.41, 5.74) is 1.96. The molecule has 158 valence electrons. The smallest absolute Gasteiger partial charge is 0.257 e. The number of anilines is 1. The van der Waals surface area contributed by atoms with Gasteiger partial charge in [0, 0.05) is 29.6 Å². The summed E-state index contributed by atoms with van der Waals surface area (Å²) < 4.78 is 1.24. The number of carbonyl (C=O) groups excluding carboxylic acids is 2. The van der Waals surface area contributed by atoms with Gasteiger partial charge in [-0.2, -0.15) is 0 Å². The number of amides is 2. The number of hydrogen-bond donors (Lipinski definition) is 2. The van der Waals surface area contributed by atoms with Crippen molar-refractivity contribution >= 4 is 40.7 Å². The molecule has 0 saturated heterocycles. The van der Waals surface area contributed by atoms with Crippen LogP contribution in [0.2, 0.25) is 10.0 Å². The van der Waals surface area contributed by atoms with Crippen LogP contribution in [0.1, 0.15) is 39.1 Å². The van der Waals surface area contributed by atoms with Gasteiger partial charge in [-0.15, -0.1) is 0 Å². The van der Waals surface area contributed by atoms with Crippen molar-refractivity contribution in [3.8, 4) is 5.69 Å². The highest BCUT2D eigenvalue weighted by Gasteiger charge is 2.24. The maximum Gasteiger partial charge on any atom is 0.257 e. The molecule has 0 bridgehead atoms. The Bertz CT molecular complexity index is 1230. The first-order valence-electron chi connectivity index (χ1n) is 9.73. The third-order valence-electron chi connectivity index (χ3n) is 5.01. The fraction of sp³-hybridized carbons (Fsp3) is 0.174. The quantitative estimate of drug-likeness (QED) is 0.589. The molecule has 1 aliphatic rings. The van der Waals surface area contributed by atoms with Crippen LogP contribution >= 0.6 is 23.2 Å². The summed E-state index contributed by atoms with van der Waals surface area (Å²) in [6, 6.07) is 13.0. The molecule has 6 nitrogen and oxygen atoms in total. The summed E-state index contributed by atoms with van der Waals surface area (Å²) in [6.07, 6.45) is 3.38. The van der Waals surface area contributed by atoms with Gasteiger partial charge in [-0.05, 0) is 55.7 Å². The topological polar surface area (TPSA) is 80.2 Å². The molecule has 2 aromatic carbocycles. The Labute approximate surface area is 188 Å². The molecule has 0 spiro atoms. The number of para-hydroxylation sites is 1. The molecule has 1 saturated carbocycles. The number of nitrogens with zero attached hydrogens (tertiary/aromatic N) is 1. The van der Waals surface area contributed by atoms with Crippen molar-refractivity contribution in [3.05, 3.63) is 91.8 Å². The van der Waals surface area contributed by atoms with E-state index in [4.69, 9.17) is 23.2 Å². The third kappa shape index (κ3) is 4.65. The van der Waals surface area contributed by atoms with Gasteiger partial charge in [0.25, 0.3) is 17.4 Å². The Morgan fingerprint density at radius 2 is 1.65 bits per heavy atom. The molecule has 0 aliphatic heterocycles. The van der Waals surface area contributed by atoms with Crippen molar-refractivity contribution < 1.29 is 9.59 Å². The second-order valence-corrected chi connectivity index (χ2v) is 8.24. The Hall–Kier alpha value is -3.09. The highest BCUT2D eigenvalue weighted by atomic mass is 35.5. The lowest BCUT2D eigenvalue weighted by Gasteiger charge is -2.13. The van der Waals surface area contributed by atoms with E-state index in [9.17, 15) is 14.4 Å². The lowest BCUT2D eigenvalue weighted by Crippen LogP contribution is -2.25. The van der Waals surface area contributed by atoms with E-state index in [2.05, 4.69) is 10.6 Å². The summed E-state index contributed by atoms with van der Waals surface area (Å²) in [6.45, 7) is 1.84. The molecular formula is C23H19Cl2N3O3. The predicted molar refractivity (Wildman–Crippen MR) is 122 cm³/mol. The fourth-order valence-corrected chi connectivity index (χ4v) is 3.68. The van der Waals surface area contributed by atoms with E-state index in [1.54, 1.807) is 36.4 Å². The van der Waals surface area contributed by atoms with Crippen LogP contribution < -0.4 is 16.2 Å². The number of rotatable bonds is 5. The maximum absolute atomic E-state index is 12.9. The van der Waals surface area contributed by atoms with Crippen molar-refractivity contribution in [1.82, 2.24) is 9.88 Å². The molecule has 0 unspecified atom stereocenters. The van der Waals surface area contributed by atoms with Crippen LogP contribution in [0, 0.1) is 6.92 Å². The van der Waals surface area contributed by atoms with E-state index in [1.807, 2.05) is 6.92 Å². The molecule has 0 radical (unpaired) electrons. The van der Waals surface area contributed by atoms with Crippen molar-refractivity contribution in [2.75, 3.05) is 5.32 Å². The second-order valence-electron chi connectivity index (χ2n) is 7.43. The molecular weight excluding hydrogens is 437 g/mol. The molecule has 31 heavy (non-hydrogen) atoms. The van der Waals surface area contributed by atoms with Crippen molar-refractivity contribution in [2.45, 2.75) is 25.8 Å². The normalized spacial score (nSPS) is 13.0. The van der Waals surface area contributed by atoms with Gasteiger partial charge in [-0.3, -0.25) is 19.0 Å². The van der Waals surface area contributed by atoms with Crippen LogP contribution in [-0.2, 0) is 0 Å². The monoisotopic (exact) mass is 455 g/mol. The minimum atomic E-state index is -0.431. The maximum atomic E-state index is 12.9. The van der Waals surface area contributed by atoms with E-state index in [0.717, 1.165) is 18.4 Å². The van der Waals surface area contributed by atoms with Crippen LogP contribution in [0.4, 0.5) is 5.69 Å². The minimum Gasteiger partial charge on any atom is -0.349 e. The molecule has 2 amide bonds. The largest absolute Gasteiger partial charge is 0.349 e. The number of halogens is 2. The van der Waals surface area contributed by atoms with E-state index in [1.165, 1.54) is 22.9 Å². The van der Waals surface area contributed by atoms with Gasteiger partial charge in [0.1, 0.15) is 0 Å². The molecule has 2 N–H and O–H groups in total. The summed E-state index contributed by atoms with van der Waals surface area (Å²) >= 11 is 12.4. The lowest BCUT2D eigenvalue weighted by molar-refractivity contribution is 0.0949. The van der Waals surface area contributed by atoms with Crippen molar-refractivity contribution in [1.29, 1.82) is 0 Å². The van der Waals surface area contributed by atoms with Crippen molar-refractivity contribution in [3.63, 3.8) is 0 Å². The summed E-state index contributed by atoms with van der Waals surface area (Å²) in [4.78, 5) is 37.6. The highest BCUT2D eigenvalue weighted by Crippen LogP contribution is 2.27. The Kier molecular flexibility index (Phi) is 5.85. The molecule has 4 rings (SSSR count). The summed E-state index contributed by atoms with van der Waals surface area (Å²) in [7, 11) is 0. The zero-order valence-electron chi connectivity index (χ0n) is 16.6. The van der Waals surface area contributed by atoms with E-state index < -0.39 is 5.91 Å². The van der Waals surface area contributed by atoms with Gasteiger partial charge in [0.2, 0.25) is 0 Å². The lowest BCUT2D eigenvalue weighted by atomic mass is 10.1. The number of nitrogens with one attached hydrogen (secondary N) is 2. The first kappa shape index (κ1) is 21.2. The van der Waals surface area contributed by atoms with Gasteiger partial charge in [-0.25, -0.2) is 0 Å². The van der Waals surface area contributed by atoms with Gasteiger partial charge in [-0.1, -0.05) is 35.3 Å². The molecule has 1 aliphatic carbocycles. The average molecular weight is 456 g/mol.